The lowest BCUT2D eigenvalue weighted by atomic mass is 9.93. The molecule has 0 bridgehead atoms. The Kier molecular flexibility index (Phi) is 4.33. The highest BCUT2D eigenvalue weighted by molar-refractivity contribution is 5.94. The number of piperidine rings is 1. The second-order valence-corrected chi connectivity index (χ2v) is 5.98. The molecule has 1 aliphatic rings. The summed E-state index contributed by atoms with van der Waals surface area (Å²) in [4.78, 5) is 14.1. The summed E-state index contributed by atoms with van der Waals surface area (Å²) in [6, 6.07) is 7.25. The molecule has 1 aromatic carbocycles. The lowest BCUT2D eigenvalue weighted by molar-refractivity contribution is -0.00202. The van der Waals surface area contributed by atoms with E-state index in [1.807, 2.05) is 32.9 Å². The molecule has 0 aromatic heterocycles. The second kappa shape index (κ2) is 5.83. The summed E-state index contributed by atoms with van der Waals surface area (Å²) < 4.78 is 5.56. The average Bonchev–Trinajstić information content (AvgIpc) is 2.38. The molecule has 0 aliphatic carbocycles. The van der Waals surface area contributed by atoms with Crippen LogP contribution in [0, 0.1) is 0 Å². The van der Waals surface area contributed by atoms with Gasteiger partial charge in [-0.25, -0.2) is 0 Å². The smallest absolute Gasteiger partial charge is 0.253 e. The van der Waals surface area contributed by atoms with Gasteiger partial charge in [-0.15, -0.1) is 0 Å². The van der Waals surface area contributed by atoms with Gasteiger partial charge >= 0.3 is 0 Å². The first kappa shape index (κ1) is 14.9. The Balaban J connectivity index is 1.99. The van der Waals surface area contributed by atoms with Gasteiger partial charge in [0.15, 0.2) is 0 Å². The van der Waals surface area contributed by atoms with Gasteiger partial charge in [0.2, 0.25) is 0 Å². The zero-order valence-electron chi connectivity index (χ0n) is 12.4. The highest BCUT2D eigenvalue weighted by Crippen LogP contribution is 2.23. The van der Waals surface area contributed by atoms with Crippen molar-refractivity contribution >= 4 is 5.91 Å². The van der Waals surface area contributed by atoms with Crippen LogP contribution >= 0.6 is 0 Å². The highest BCUT2D eigenvalue weighted by atomic mass is 16.5. The number of nitrogens with zero attached hydrogens (tertiary/aromatic N) is 1. The predicted octanol–water partition coefficient (Wildman–Crippen LogP) is 2.46. The third-order valence-electron chi connectivity index (χ3n) is 3.60. The van der Waals surface area contributed by atoms with Gasteiger partial charge in [-0.3, -0.25) is 4.79 Å². The van der Waals surface area contributed by atoms with Crippen molar-refractivity contribution in [3.63, 3.8) is 0 Å². The van der Waals surface area contributed by atoms with E-state index in [1.165, 1.54) is 0 Å². The number of likely N-dealkylation sites (tertiary alicyclic amines) is 1. The van der Waals surface area contributed by atoms with E-state index in [0.29, 0.717) is 31.5 Å². The van der Waals surface area contributed by atoms with Crippen molar-refractivity contribution in [2.45, 2.75) is 45.3 Å². The number of amides is 1. The highest BCUT2D eigenvalue weighted by Gasteiger charge is 2.29. The molecule has 4 heteroatoms. The first-order valence-corrected chi connectivity index (χ1v) is 7.16. The Morgan fingerprint density at radius 1 is 1.25 bits per heavy atom. The van der Waals surface area contributed by atoms with E-state index in [1.54, 1.807) is 17.0 Å². The topological polar surface area (TPSA) is 49.8 Å². The summed E-state index contributed by atoms with van der Waals surface area (Å²) >= 11 is 0. The summed E-state index contributed by atoms with van der Waals surface area (Å²) in [5.41, 5.74) is 0.0359. The van der Waals surface area contributed by atoms with Crippen molar-refractivity contribution in [3.05, 3.63) is 29.8 Å². The summed E-state index contributed by atoms with van der Waals surface area (Å²) in [5, 5.41) is 9.91. The van der Waals surface area contributed by atoms with Crippen LogP contribution in [-0.4, -0.2) is 40.7 Å². The van der Waals surface area contributed by atoms with Crippen molar-refractivity contribution in [1.82, 2.24) is 4.90 Å². The molecule has 1 heterocycles. The zero-order chi connectivity index (χ0) is 14.8. The fraction of sp³-hybridized carbons (Fsp3) is 0.562. The molecule has 0 atom stereocenters. The fourth-order valence-electron chi connectivity index (χ4n) is 2.32. The first-order valence-electron chi connectivity index (χ1n) is 7.16. The third kappa shape index (κ3) is 3.73. The van der Waals surface area contributed by atoms with E-state index in [2.05, 4.69) is 0 Å². The molecule has 20 heavy (non-hydrogen) atoms. The summed E-state index contributed by atoms with van der Waals surface area (Å²) in [6.07, 6.45) is 1.39. The van der Waals surface area contributed by atoms with Crippen LogP contribution in [-0.2, 0) is 0 Å². The third-order valence-corrected chi connectivity index (χ3v) is 3.60. The van der Waals surface area contributed by atoms with Gasteiger partial charge in [0.1, 0.15) is 5.75 Å². The minimum absolute atomic E-state index is 0.0246. The number of carbonyl (C=O) groups is 1. The molecule has 2 rings (SSSR count). The number of rotatable bonds is 3. The van der Waals surface area contributed by atoms with E-state index in [4.69, 9.17) is 4.74 Å². The number of aliphatic hydroxyl groups is 1. The number of hydrogen-bond donors (Lipinski definition) is 1. The quantitative estimate of drug-likeness (QED) is 0.923. The first-order chi connectivity index (χ1) is 9.37. The molecule has 4 nitrogen and oxygen atoms in total. The van der Waals surface area contributed by atoms with Gasteiger partial charge in [-0.05, 0) is 57.9 Å². The zero-order valence-corrected chi connectivity index (χ0v) is 12.4. The van der Waals surface area contributed by atoms with Gasteiger partial charge < -0.3 is 14.7 Å². The van der Waals surface area contributed by atoms with E-state index < -0.39 is 5.60 Å². The van der Waals surface area contributed by atoms with Gasteiger partial charge in [-0.2, -0.15) is 0 Å². The number of hydrogen-bond acceptors (Lipinski definition) is 3. The molecule has 110 valence electrons. The maximum absolute atomic E-state index is 12.3. The van der Waals surface area contributed by atoms with Crippen LogP contribution in [0.25, 0.3) is 0 Å². The van der Waals surface area contributed by atoms with Crippen LogP contribution < -0.4 is 4.74 Å². The van der Waals surface area contributed by atoms with Gasteiger partial charge in [0.05, 0.1) is 11.7 Å². The van der Waals surface area contributed by atoms with Crippen molar-refractivity contribution in [3.8, 4) is 5.75 Å². The standard InChI is InChI=1S/C16H23NO3/c1-12(2)20-14-6-4-13(5-7-14)15(18)17-10-8-16(3,19)9-11-17/h4-7,12,19H,8-11H2,1-3H3. The van der Waals surface area contributed by atoms with Crippen molar-refractivity contribution in [1.29, 1.82) is 0 Å². The molecule has 1 N–H and O–H groups in total. The second-order valence-electron chi connectivity index (χ2n) is 5.98. The minimum Gasteiger partial charge on any atom is -0.491 e. The predicted molar refractivity (Wildman–Crippen MR) is 78.0 cm³/mol. The van der Waals surface area contributed by atoms with E-state index in [-0.39, 0.29) is 12.0 Å². The van der Waals surface area contributed by atoms with Gasteiger partial charge in [0.25, 0.3) is 5.91 Å². The number of ether oxygens (including phenoxy) is 1. The molecule has 0 spiro atoms. The lowest BCUT2D eigenvalue weighted by Gasteiger charge is -2.35. The van der Waals surface area contributed by atoms with E-state index >= 15 is 0 Å². The van der Waals surface area contributed by atoms with Crippen molar-refractivity contribution < 1.29 is 14.6 Å². The molecule has 1 fully saturated rings. The van der Waals surface area contributed by atoms with Gasteiger partial charge in [0, 0.05) is 18.7 Å². The van der Waals surface area contributed by atoms with Crippen LogP contribution in [0.1, 0.15) is 44.0 Å². The molecule has 1 amide bonds. The molecule has 1 aliphatic heterocycles. The fourth-order valence-corrected chi connectivity index (χ4v) is 2.32. The monoisotopic (exact) mass is 277 g/mol. The maximum Gasteiger partial charge on any atom is 0.253 e. The molecule has 1 saturated heterocycles. The largest absolute Gasteiger partial charge is 0.491 e. The Morgan fingerprint density at radius 2 is 1.80 bits per heavy atom. The molecular formula is C16H23NO3. The lowest BCUT2D eigenvalue weighted by Crippen LogP contribution is -2.45. The molecular weight excluding hydrogens is 254 g/mol. The van der Waals surface area contributed by atoms with E-state index in [0.717, 1.165) is 5.75 Å². The van der Waals surface area contributed by atoms with Gasteiger partial charge in [-0.1, -0.05) is 0 Å². The number of carbonyl (C=O) groups excluding carboxylic acids is 1. The van der Waals surface area contributed by atoms with E-state index in [9.17, 15) is 9.90 Å². The molecule has 1 aromatic rings. The summed E-state index contributed by atoms with van der Waals surface area (Å²) in [5.74, 6) is 0.801. The molecule has 0 unspecified atom stereocenters. The summed E-state index contributed by atoms with van der Waals surface area (Å²) in [6.45, 7) is 6.98. The SMILES string of the molecule is CC(C)Oc1ccc(C(=O)N2CCC(C)(O)CC2)cc1. The number of benzene rings is 1. The Labute approximate surface area is 120 Å². The average molecular weight is 277 g/mol. The molecule has 0 saturated carbocycles. The Morgan fingerprint density at radius 3 is 2.30 bits per heavy atom. The van der Waals surface area contributed by atoms with Crippen LogP contribution in [0.2, 0.25) is 0 Å². The maximum atomic E-state index is 12.3. The Hall–Kier alpha value is -1.55. The van der Waals surface area contributed by atoms with Crippen LogP contribution in [0.3, 0.4) is 0 Å². The van der Waals surface area contributed by atoms with Crippen LogP contribution in [0.4, 0.5) is 0 Å². The molecule has 0 radical (unpaired) electrons. The van der Waals surface area contributed by atoms with Crippen LogP contribution in [0.5, 0.6) is 5.75 Å². The van der Waals surface area contributed by atoms with Crippen molar-refractivity contribution in [2.75, 3.05) is 13.1 Å². The van der Waals surface area contributed by atoms with Crippen molar-refractivity contribution in [2.24, 2.45) is 0 Å². The Bertz CT molecular complexity index is 455. The minimum atomic E-state index is -0.633. The normalized spacial score (nSPS) is 18.1. The van der Waals surface area contributed by atoms with Crippen LogP contribution in [0.15, 0.2) is 24.3 Å². The summed E-state index contributed by atoms with van der Waals surface area (Å²) in [7, 11) is 0.